The standard InChI is InChI=1S/C44H40ClFN4O7/c1-2-57-37-23-25(3-18-36(37)51)39-32-16-17-33-38(42(54)49(40(33)52)31-14-12-30(13-15-31)48-19-21-56-22-20-48)34(32)24-35-41(53)50(47-29-10-8-28(46)9-11-29)43(55)44(35,39)26-4-6-27(45)7-5-26/h3-16,18,23,33-35,38-39,47,51H,2,17,19-22,24H2,1H3. The van der Waals surface area contributed by atoms with E-state index in [2.05, 4.69) is 10.3 Å². The van der Waals surface area contributed by atoms with E-state index < -0.39 is 52.6 Å². The fourth-order valence-corrected chi connectivity index (χ4v) is 10.0. The van der Waals surface area contributed by atoms with Crippen molar-refractivity contribution >= 4 is 52.3 Å². The van der Waals surface area contributed by atoms with Gasteiger partial charge in [0.15, 0.2) is 11.5 Å². The molecule has 0 aromatic heterocycles. The van der Waals surface area contributed by atoms with Gasteiger partial charge in [-0.3, -0.25) is 29.5 Å². The van der Waals surface area contributed by atoms with Crippen molar-refractivity contribution in [1.82, 2.24) is 5.01 Å². The third kappa shape index (κ3) is 5.87. The number of nitrogens with one attached hydrogen (secondary N) is 1. The van der Waals surface area contributed by atoms with E-state index in [1.165, 1.54) is 35.2 Å². The number of imide groups is 2. The van der Waals surface area contributed by atoms with E-state index >= 15 is 4.79 Å². The molecule has 2 N–H and O–H groups in total. The Hall–Kier alpha value is -5.72. The highest BCUT2D eigenvalue weighted by molar-refractivity contribution is 6.30. The third-order valence-electron chi connectivity index (χ3n) is 12.4. The van der Waals surface area contributed by atoms with Gasteiger partial charge in [0.1, 0.15) is 5.82 Å². The Morgan fingerprint density at radius 1 is 0.877 bits per heavy atom. The first-order valence-corrected chi connectivity index (χ1v) is 19.6. The summed E-state index contributed by atoms with van der Waals surface area (Å²) >= 11 is 6.40. The highest BCUT2D eigenvalue weighted by atomic mass is 35.5. The van der Waals surface area contributed by atoms with Crippen LogP contribution in [0.3, 0.4) is 0 Å². The number of amides is 4. The topological polar surface area (TPSA) is 129 Å². The second-order valence-electron chi connectivity index (χ2n) is 15.2. The number of carbonyl (C=O) groups excluding carboxylic acids is 4. The summed E-state index contributed by atoms with van der Waals surface area (Å²) in [5.41, 5.74) is 5.04. The van der Waals surface area contributed by atoms with Crippen LogP contribution in [0.25, 0.3) is 0 Å². The number of anilines is 3. The molecule has 4 aromatic carbocycles. The van der Waals surface area contributed by atoms with E-state index in [0.29, 0.717) is 40.7 Å². The van der Waals surface area contributed by atoms with Crippen molar-refractivity contribution in [3.05, 3.63) is 125 Å². The Bertz CT molecular complexity index is 2300. The molecular formula is C44H40ClFN4O7. The lowest BCUT2D eigenvalue weighted by molar-refractivity contribution is -0.138. The summed E-state index contributed by atoms with van der Waals surface area (Å²) in [6.07, 6.45) is 2.32. The Balaban J connectivity index is 1.17. The highest BCUT2D eigenvalue weighted by Gasteiger charge is 2.70. The van der Waals surface area contributed by atoms with Gasteiger partial charge in [0.25, 0.3) is 11.8 Å². The monoisotopic (exact) mass is 790 g/mol. The normalized spacial score (nSPS) is 26.9. The second kappa shape index (κ2) is 14.3. The number of benzene rings is 4. The number of fused-ring (bicyclic) bond motifs is 4. The molecule has 5 aliphatic rings. The number of rotatable bonds is 8. The summed E-state index contributed by atoms with van der Waals surface area (Å²) < 4.78 is 25.3. The number of carbonyl (C=O) groups is 4. The molecule has 3 saturated heterocycles. The number of hydrogen-bond donors (Lipinski definition) is 2. The molecule has 0 radical (unpaired) electrons. The molecule has 4 aromatic rings. The van der Waals surface area contributed by atoms with Gasteiger partial charge in [-0.05, 0) is 110 Å². The van der Waals surface area contributed by atoms with Gasteiger partial charge < -0.3 is 19.5 Å². The fourth-order valence-electron chi connectivity index (χ4n) is 9.90. The number of nitrogens with zero attached hydrogens (tertiary/aromatic N) is 3. The number of phenolic OH excluding ortho intramolecular Hbond substituents is 1. The van der Waals surface area contributed by atoms with E-state index in [1.807, 2.05) is 18.2 Å². The van der Waals surface area contributed by atoms with E-state index in [9.17, 15) is 23.9 Å². The zero-order valence-corrected chi connectivity index (χ0v) is 31.8. The molecule has 1 saturated carbocycles. The van der Waals surface area contributed by atoms with Gasteiger partial charge in [-0.2, -0.15) is 5.01 Å². The van der Waals surface area contributed by atoms with E-state index in [0.717, 1.165) is 29.4 Å². The van der Waals surface area contributed by atoms with Crippen molar-refractivity contribution in [3.63, 3.8) is 0 Å². The number of allylic oxidation sites excluding steroid dienone is 2. The van der Waals surface area contributed by atoms with Crippen LogP contribution in [0.1, 0.15) is 36.8 Å². The lowest BCUT2D eigenvalue weighted by Gasteiger charge is -2.50. The first-order valence-electron chi connectivity index (χ1n) is 19.2. The Labute approximate surface area is 333 Å². The average Bonchev–Trinajstić information content (AvgIpc) is 3.61. The van der Waals surface area contributed by atoms with Crippen LogP contribution in [0.15, 0.2) is 103 Å². The molecule has 0 spiro atoms. The molecule has 9 rings (SSSR count). The maximum Gasteiger partial charge on any atom is 0.260 e. The molecule has 11 nitrogen and oxygen atoms in total. The predicted molar refractivity (Wildman–Crippen MR) is 210 cm³/mol. The molecule has 6 unspecified atom stereocenters. The summed E-state index contributed by atoms with van der Waals surface area (Å²) in [6.45, 7) is 4.78. The maximum atomic E-state index is 15.4. The second-order valence-corrected chi connectivity index (χ2v) is 15.6. The van der Waals surface area contributed by atoms with Crippen LogP contribution in [0.5, 0.6) is 11.5 Å². The van der Waals surface area contributed by atoms with Crippen LogP contribution in [-0.4, -0.2) is 66.7 Å². The van der Waals surface area contributed by atoms with Crippen molar-refractivity contribution in [2.75, 3.05) is 48.1 Å². The lowest BCUT2D eigenvalue weighted by Crippen LogP contribution is -2.53. The summed E-state index contributed by atoms with van der Waals surface area (Å²) in [5.74, 6) is -6.02. The van der Waals surface area contributed by atoms with Crippen LogP contribution in [-0.2, 0) is 29.3 Å². The zero-order valence-electron chi connectivity index (χ0n) is 31.1. The molecule has 13 heteroatoms. The quantitative estimate of drug-likeness (QED) is 0.150. The van der Waals surface area contributed by atoms with Crippen LogP contribution in [0, 0.1) is 29.5 Å². The van der Waals surface area contributed by atoms with E-state index in [1.54, 1.807) is 55.5 Å². The first kappa shape index (κ1) is 36.9. The van der Waals surface area contributed by atoms with Crippen molar-refractivity contribution < 1.29 is 38.1 Å². The SMILES string of the molecule is CCOc1cc(C2C3=CCC4C(=O)N(c5ccc(N6CCOCC6)cc5)C(=O)C4C3CC3C(=O)N(Nc4ccc(F)cc4)C(=O)C32c2ccc(Cl)cc2)ccc1O. The fraction of sp³-hybridized carbons (Fsp3) is 0.318. The molecule has 4 amide bonds. The highest BCUT2D eigenvalue weighted by Crippen LogP contribution is 2.64. The van der Waals surface area contributed by atoms with Crippen LogP contribution in [0.4, 0.5) is 21.5 Å². The minimum Gasteiger partial charge on any atom is -0.504 e. The summed E-state index contributed by atoms with van der Waals surface area (Å²) in [5, 5.41) is 12.3. The van der Waals surface area contributed by atoms with Crippen molar-refractivity contribution in [1.29, 1.82) is 0 Å². The minimum absolute atomic E-state index is 0.0944. The van der Waals surface area contributed by atoms with Gasteiger partial charge in [0, 0.05) is 29.7 Å². The molecule has 2 aliphatic carbocycles. The van der Waals surface area contributed by atoms with E-state index in [4.69, 9.17) is 21.1 Å². The van der Waals surface area contributed by atoms with Gasteiger partial charge in [0.05, 0.1) is 54.4 Å². The summed E-state index contributed by atoms with van der Waals surface area (Å²) in [6, 6.07) is 24.5. The third-order valence-corrected chi connectivity index (χ3v) is 12.6. The summed E-state index contributed by atoms with van der Waals surface area (Å²) in [4.78, 5) is 62.8. The zero-order chi connectivity index (χ0) is 39.6. The van der Waals surface area contributed by atoms with Gasteiger partial charge >= 0.3 is 0 Å². The molecule has 57 heavy (non-hydrogen) atoms. The van der Waals surface area contributed by atoms with Crippen molar-refractivity contribution in [2.24, 2.45) is 23.7 Å². The van der Waals surface area contributed by atoms with Crippen LogP contribution < -0.4 is 20.0 Å². The van der Waals surface area contributed by atoms with Crippen LogP contribution in [0.2, 0.25) is 5.02 Å². The van der Waals surface area contributed by atoms with Crippen molar-refractivity contribution in [3.8, 4) is 11.5 Å². The van der Waals surface area contributed by atoms with Crippen LogP contribution >= 0.6 is 11.6 Å². The number of phenols is 1. The molecule has 3 heterocycles. The number of halogens is 2. The average molecular weight is 791 g/mol. The molecule has 3 aliphatic heterocycles. The minimum atomic E-state index is -1.56. The number of aromatic hydroxyl groups is 1. The van der Waals surface area contributed by atoms with Crippen molar-refractivity contribution in [2.45, 2.75) is 31.1 Å². The first-order chi connectivity index (χ1) is 27.6. The predicted octanol–water partition coefficient (Wildman–Crippen LogP) is 6.61. The number of hydrogen-bond acceptors (Lipinski definition) is 9. The summed E-state index contributed by atoms with van der Waals surface area (Å²) in [7, 11) is 0. The molecule has 6 atom stereocenters. The van der Waals surface area contributed by atoms with Gasteiger partial charge in [-0.1, -0.05) is 41.4 Å². The van der Waals surface area contributed by atoms with E-state index in [-0.39, 0.29) is 42.8 Å². The Morgan fingerprint density at radius 2 is 1.58 bits per heavy atom. The van der Waals surface area contributed by atoms with Gasteiger partial charge in [-0.15, -0.1) is 0 Å². The number of hydrazine groups is 1. The Kier molecular flexibility index (Phi) is 9.28. The smallest absolute Gasteiger partial charge is 0.260 e. The maximum absolute atomic E-state index is 15.4. The molecular weight excluding hydrogens is 751 g/mol. The molecule has 0 bridgehead atoms. The van der Waals surface area contributed by atoms with Gasteiger partial charge in [-0.25, -0.2) is 4.39 Å². The molecule has 292 valence electrons. The number of morpholine rings is 1. The Morgan fingerprint density at radius 3 is 2.28 bits per heavy atom. The number of ether oxygens (including phenoxy) is 2. The lowest BCUT2D eigenvalue weighted by atomic mass is 9.49. The molecule has 4 fully saturated rings. The largest absolute Gasteiger partial charge is 0.504 e. The van der Waals surface area contributed by atoms with Gasteiger partial charge in [0.2, 0.25) is 11.8 Å².